The van der Waals surface area contributed by atoms with Crippen molar-refractivity contribution < 1.29 is 4.79 Å². The first-order valence-corrected chi connectivity index (χ1v) is 6.15. The number of nitrogen functional groups attached to an aromatic ring is 1. The minimum absolute atomic E-state index is 0.112. The van der Waals surface area contributed by atoms with E-state index in [-0.39, 0.29) is 11.1 Å². The van der Waals surface area contributed by atoms with E-state index in [2.05, 4.69) is 15.2 Å². The number of hydrogen-bond donors (Lipinski definition) is 2. The fraction of sp³-hybridized carbons (Fsp3) is 0.154. The smallest absolute Gasteiger partial charge is 0.267 e. The van der Waals surface area contributed by atoms with Gasteiger partial charge in [0.25, 0.3) is 5.56 Å². The van der Waals surface area contributed by atoms with Crippen molar-refractivity contribution in [3.8, 4) is 6.07 Å². The number of carbonyl (C=O) groups excluding carboxylic acids is 1. The van der Waals surface area contributed by atoms with Crippen LogP contribution >= 0.6 is 0 Å². The van der Waals surface area contributed by atoms with Gasteiger partial charge in [-0.2, -0.15) is 15.5 Å². The largest absolute Gasteiger partial charge is 0.383 e. The number of anilines is 1. The van der Waals surface area contributed by atoms with Crippen LogP contribution in [0.4, 0.5) is 5.82 Å². The van der Waals surface area contributed by atoms with Gasteiger partial charge in [0.2, 0.25) is 0 Å². The number of nitrogens with one attached hydrogen (secondary N) is 1. The first kappa shape index (κ1) is 15.0. The van der Waals surface area contributed by atoms with Crippen LogP contribution in [-0.2, 0) is 14.1 Å². The number of aldehydes is 1. The summed E-state index contributed by atoms with van der Waals surface area (Å²) in [6.45, 7) is 0. The van der Waals surface area contributed by atoms with Crippen LogP contribution in [0.15, 0.2) is 23.3 Å². The van der Waals surface area contributed by atoms with Gasteiger partial charge in [0.1, 0.15) is 23.1 Å². The van der Waals surface area contributed by atoms with E-state index in [0.29, 0.717) is 23.3 Å². The summed E-state index contributed by atoms with van der Waals surface area (Å²) < 4.78 is 3.00. The summed E-state index contributed by atoms with van der Waals surface area (Å²) in [4.78, 5) is 23.9. The third-order valence-corrected chi connectivity index (χ3v) is 3.01. The maximum atomic E-state index is 11.2. The van der Waals surface area contributed by atoms with E-state index in [1.54, 1.807) is 25.0 Å². The summed E-state index contributed by atoms with van der Waals surface area (Å²) in [5.41, 5.74) is 6.19. The standard InChI is InChI=1S/C8H6N4O.C5H7N3O/c1-12-7-6(4-10-12)2-5(3-9)8(13)11-7;1-8-5(6)4(3-9)2-7-8/h2,4H,1H3,(H,11,13);2-3H,6H2,1H3. The number of rotatable bonds is 1. The molecule has 0 aliphatic rings. The van der Waals surface area contributed by atoms with Crippen LogP contribution in [0.25, 0.3) is 11.0 Å². The van der Waals surface area contributed by atoms with Crippen LogP contribution in [0, 0.1) is 11.3 Å². The van der Waals surface area contributed by atoms with E-state index in [4.69, 9.17) is 11.0 Å². The Labute approximate surface area is 124 Å². The van der Waals surface area contributed by atoms with Crippen molar-refractivity contribution in [3.63, 3.8) is 0 Å². The van der Waals surface area contributed by atoms with E-state index < -0.39 is 0 Å². The lowest BCUT2D eigenvalue weighted by Gasteiger charge is -1.93. The Hall–Kier alpha value is -3.41. The quantitative estimate of drug-likeness (QED) is 0.604. The topological polar surface area (TPSA) is 135 Å². The molecule has 112 valence electrons. The number of hydrogen-bond acceptors (Lipinski definition) is 6. The molecule has 9 nitrogen and oxygen atoms in total. The third kappa shape index (κ3) is 2.71. The number of nitrogens with zero attached hydrogens (tertiary/aromatic N) is 5. The van der Waals surface area contributed by atoms with Crippen molar-refractivity contribution in [3.05, 3.63) is 39.9 Å². The van der Waals surface area contributed by atoms with Gasteiger partial charge in [-0.25, -0.2) is 0 Å². The second-order valence-corrected chi connectivity index (χ2v) is 4.42. The van der Waals surface area contributed by atoms with E-state index in [9.17, 15) is 9.59 Å². The van der Waals surface area contributed by atoms with Crippen LogP contribution in [0.5, 0.6) is 0 Å². The maximum Gasteiger partial charge on any atom is 0.267 e. The molecule has 0 radical (unpaired) electrons. The highest BCUT2D eigenvalue weighted by molar-refractivity contribution is 5.81. The van der Waals surface area contributed by atoms with Crippen LogP contribution in [-0.4, -0.2) is 30.8 Å². The molecule has 0 spiro atoms. The molecule has 0 aliphatic heterocycles. The summed E-state index contributed by atoms with van der Waals surface area (Å²) in [7, 11) is 3.41. The van der Waals surface area contributed by atoms with Crippen molar-refractivity contribution in [1.29, 1.82) is 5.26 Å². The van der Waals surface area contributed by atoms with E-state index in [0.717, 1.165) is 5.39 Å². The average Bonchev–Trinajstić information content (AvgIpc) is 3.03. The van der Waals surface area contributed by atoms with Gasteiger partial charge in [-0.1, -0.05) is 0 Å². The first-order chi connectivity index (χ1) is 10.5. The number of aryl methyl sites for hydroxylation is 2. The zero-order chi connectivity index (χ0) is 16.3. The third-order valence-electron chi connectivity index (χ3n) is 3.01. The number of carbonyl (C=O) groups is 1. The molecule has 22 heavy (non-hydrogen) atoms. The Morgan fingerprint density at radius 1 is 1.32 bits per heavy atom. The Kier molecular flexibility index (Phi) is 4.04. The molecule has 0 atom stereocenters. The van der Waals surface area contributed by atoms with E-state index >= 15 is 0 Å². The van der Waals surface area contributed by atoms with Gasteiger partial charge in [-0.05, 0) is 6.07 Å². The SMILES string of the molecule is Cn1ncc(C=O)c1N.Cn1ncc2cc(C#N)c(=O)[nH]c21. The summed E-state index contributed by atoms with van der Waals surface area (Å²) in [6, 6.07) is 3.34. The summed E-state index contributed by atoms with van der Waals surface area (Å²) in [5, 5.41) is 17.0. The lowest BCUT2D eigenvalue weighted by Crippen LogP contribution is -2.10. The highest BCUT2D eigenvalue weighted by Crippen LogP contribution is 2.07. The fourth-order valence-corrected chi connectivity index (χ4v) is 1.75. The van der Waals surface area contributed by atoms with Gasteiger partial charge in [-0.3, -0.25) is 19.0 Å². The summed E-state index contributed by atoms with van der Waals surface area (Å²) in [5.74, 6) is 0.407. The molecule has 3 rings (SSSR count). The number of nitriles is 1. The van der Waals surface area contributed by atoms with Crippen LogP contribution in [0.2, 0.25) is 0 Å². The zero-order valence-electron chi connectivity index (χ0n) is 11.9. The molecule has 3 heterocycles. The molecule has 3 aromatic rings. The zero-order valence-corrected chi connectivity index (χ0v) is 11.9. The average molecular weight is 299 g/mol. The predicted molar refractivity (Wildman–Crippen MR) is 79.1 cm³/mol. The van der Waals surface area contributed by atoms with Gasteiger partial charge < -0.3 is 10.7 Å². The lowest BCUT2D eigenvalue weighted by atomic mass is 10.2. The number of pyridine rings is 1. The second kappa shape index (κ2) is 5.92. The Morgan fingerprint density at radius 2 is 2.00 bits per heavy atom. The normalized spacial score (nSPS) is 9.86. The van der Waals surface area contributed by atoms with Gasteiger partial charge in [0, 0.05) is 19.5 Å². The molecular formula is C13H13N7O2. The summed E-state index contributed by atoms with van der Waals surface area (Å²) >= 11 is 0. The Balaban J connectivity index is 0.000000172. The summed E-state index contributed by atoms with van der Waals surface area (Å²) in [6.07, 6.45) is 3.72. The molecule has 0 saturated heterocycles. The lowest BCUT2D eigenvalue weighted by molar-refractivity contribution is 0.112. The molecule has 0 saturated carbocycles. The monoisotopic (exact) mass is 299 g/mol. The highest BCUT2D eigenvalue weighted by Gasteiger charge is 2.04. The maximum absolute atomic E-state index is 11.2. The molecule has 3 aromatic heterocycles. The minimum Gasteiger partial charge on any atom is -0.383 e. The molecular weight excluding hydrogens is 286 g/mol. The number of aromatic amines is 1. The second-order valence-electron chi connectivity index (χ2n) is 4.42. The van der Waals surface area contributed by atoms with Gasteiger partial charge >= 0.3 is 0 Å². The molecule has 0 aliphatic carbocycles. The van der Waals surface area contributed by atoms with Crippen molar-refractivity contribution >= 4 is 23.1 Å². The number of aromatic nitrogens is 5. The predicted octanol–water partition coefficient (Wildman–Crippen LogP) is -0.0519. The molecule has 3 N–H and O–H groups in total. The number of fused-ring (bicyclic) bond motifs is 1. The van der Waals surface area contributed by atoms with Gasteiger partial charge in [0.05, 0.1) is 18.0 Å². The number of nitrogens with two attached hydrogens (primary N) is 1. The van der Waals surface area contributed by atoms with Gasteiger partial charge in [0.15, 0.2) is 6.29 Å². The Morgan fingerprint density at radius 3 is 2.50 bits per heavy atom. The molecule has 0 amide bonds. The van der Waals surface area contributed by atoms with Crippen LogP contribution in [0.1, 0.15) is 15.9 Å². The first-order valence-electron chi connectivity index (χ1n) is 6.15. The molecule has 0 fully saturated rings. The van der Waals surface area contributed by atoms with Crippen molar-refractivity contribution in [2.45, 2.75) is 0 Å². The molecule has 0 unspecified atom stereocenters. The molecule has 0 bridgehead atoms. The van der Waals surface area contributed by atoms with E-state index in [1.165, 1.54) is 16.9 Å². The van der Waals surface area contributed by atoms with E-state index in [1.807, 2.05) is 6.07 Å². The van der Waals surface area contributed by atoms with Gasteiger partial charge in [-0.15, -0.1) is 0 Å². The van der Waals surface area contributed by atoms with Crippen LogP contribution < -0.4 is 11.3 Å². The van der Waals surface area contributed by atoms with Crippen molar-refractivity contribution in [2.75, 3.05) is 5.73 Å². The number of H-pyrrole nitrogens is 1. The van der Waals surface area contributed by atoms with Crippen LogP contribution in [0.3, 0.4) is 0 Å². The highest BCUT2D eigenvalue weighted by atomic mass is 16.1. The fourth-order valence-electron chi connectivity index (χ4n) is 1.75. The van der Waals surface area contributed by atoms with Crippen molar-refractivity contribution in [1.82, 2.24) is 24.5 Å². The Bertz CT molecular complexity index is 926. The molecule has 9 heteroatoms. The van der Waals surface area contributed by atoms with Crippen molar-refractivity contribution in [2.24, 2.45) is 14.1 Å². The molecule has 0 aromatic carbocycles. The minimum atomic E-state index is -0.376.